The fourth-order valence-electron chi connectivity index (χ4n) is 4.13. The molecule has 4 fully saturated rings. The summed E-state index contributed by atoms with van der Waals surface area (Å²) >= 11 is 0. The SMILES string of the molecule is C#CC1CN2CCC1CC2COC(=O)NC1CCCCC1. The van der Waals surface area contributed by atoms with Crippen LogP contribution in [0.15, 0.2) is 0 Å². The van der Waals surface area contributed by atoms with E-state index in [9.17, 15) is 4.79 Å². The van der Waals surface area contributed by atoms with Gasteiger partial charge in [0.25, 0.3) is 0 Å². The van der Waals surface area contributed by atoms with Gasteiger partial charge in [-0.2, -0.15) is 0 Å². The Balaban J connectivity index is 1.41. The van der Waals surface area contributed by atoms with Crippen LogP contribution in [0, 0.1) is 24.2 Å². The fourth-order valence-corrected chi connectivity index (χ4v) is 4.13. The van der Waals surface area contributed by atoms with Crippen LogP contribution in [0.1, 0.15) is 44.9 Å². The van der Waals surface area contributed by atoms with Crippen molar-refractivity contribution in [3.05, 3.63) is 0 Å². The van der Waals surface area contributed by atoms with E-state index >= 15 is 0 Å². The van der Waals surface area contributed by atoms with E-state index in [2.05, 4.69) is 16.1 Å². The van der Waals surface area contributed by atoms with Crippen LogP contribution < -0.4 is 5.32 Å². The molecular formula is C17H26N2O2. The van der Waals surface area contributed by atoms with Gasteiger partial charge in [-0.05, 0) is 38.1 Å². The summed E-state index contributed by atoms with van der Waals surface area (Å²) in [5.74, 6) is 3.93. The normalized spacial score (nSPS) is 36.0. The first-order chi connectivity index (χ1) is 10.3. The minimum absolute atomic E-state index is 0.238. The largest absolute Gasteiger partial charge is 0.448 e. The van der Waals surface area contributed by atoms with E-state index in [1.54, 1.807) is 0 Å². The minimum atomic E-state index is -0.238. The Bertz CT molecular complexity index is 412. The molecule has 4 heteroatoms. The molecule has 116 valence electrons. The molecule has 0 aromatic heterocycles. The number of rotatable bonds is 3. The highest BCUT2D eigenvalue weighted by Crippen LogP contribution is 2.35. The van der Waals surface area contributed by atoms with Gasteiger partial charge in [-0.3, -0.25) is 4.90 Å². The van der Waals surface area contributed by atoms with Crippen molar-refractivity contribution < 1.29 is 9.53 Å². The van der Waals surface area contributed by atoms with Crippen molar-refractivity contribution in [1.29, 1.82) is 0 Å². The van der Waals surface area contributed by atoms with E-state index in [1.165, 1.54) is 25.7 Å². The maximum absolute atomic E-state index is 11.9. The van der Waals surface area contributed by atoms with Crippen LogP contribution in [0.5, 0.6) is 0 Å². The lowest BCUT2D eigenvalue weighted by Gasteiger charge is -2.48. The monoisotopic (exact) mass is 290 g/mol. The molecule has 4 atom stereocenters. The molecule has 0 radical (unpaired) electrons. The fraction of sp³-hybridized carbons (Fsp3) is 0.824. The zero-order valence-corrected chi connectivity index (χ0v) is 12.7. The van der Waals surface area contributed by atoms with Crippen LogP contribution >= 0.6 is 0 Å². The van der Waals surface area contributed by atoms with Crippen LogP contribution in [0.25, 0.3) is 0 Å². The average molecular weight is 290 g/mol. The Morgan fingerprint density at radius 2 is 2.10 bits per heavy atom. The maximum atomic E-state index is 11.9. The molecule has 1 N–H and O–H groups in total. The van der Waals surface area contributed by atoms with E-state index in [1.807, 2.05) is 0 Å². The van der Waals surface area contributed by atoms with Crippen LogP contribution in [-0.4, -0.2) is 42.8 Å². The van der Waals surface area contributed by atoms with Crippen molar-refractivity contribution in [2.24, 2.45) is 11.8 Å². The molecule has 0 aromatic carbocycles. The smallest absolute Gasteiger partial charge is 0.407 e. The van der Waals surface area contributed by atoms with E-state index in [-0.39, 0.29) is 6.09 Å². The Morgan fingerprint density at radius 3 is 2.76 bits per heavy atom. The van der Waals surface area contributed by atoms with Gasteiger partial charge in [-0.15, -0.1) is 12.3 Å². The van der Waals surface area contributed by atoms with Gasteiger partial charge in [-0.1, -0.05) is 19.3 Å². The highest BCUT2D eigenvalue weighted by Gasteiger charge is 2.39. The molecule has 4 aliphatic rings. The number of ether oxygens (including phenoxy) is 1. The number of piperidine rings is 3. The van der Waals surface area contributed by atoms with E-state index < -0.39 is 0 Å². The second-order valence-electron chi connectivity index (χ2n) is 6.78. The summed E-state index contributed by atoms with van der Waals surface area (Å²) in [6, 6.07) is 0.686. The van der Waals surface area contributed by atoms with E-state index in [4.69, 9.17) is 11.2 Å². The van der Waals surface area contributed by atoms with Gasteiger partial charge in [0.1, 0.15) is 6.61 Å². The third-order valence-electron chi connectivity index (χ3n) is 5.43. The van der Waals surface area contributed by atoms with Crippen molar-refractivity contribution in [2.45, 2.75) is 57.0 Å². The first-order valence-electron chi connectivity index (χ1n) is 8.39. The van der Waals surface area contributed by atoms with Gasteiger partial charge in [0.15, 0.2) is 0 Å². The van der Waals surface area contributed by atoms with Crippen molar-refractivity contribution in [3.8, 4) is 12.3 Å². The lowest BCUT2D eigenvalue weighted by molar-refractivity contribution is -0.00900. The van der Waals surface area contributed by atoms with Gasteiger partial charge in [0.05, 0.1) is 0 Å². The number of nitrogens with zero attached hydrogens (tertiary/aromatic N) is 1. The predicted molar refractivity (Wildman–Crippen MR) is 81.8 cm³/mol. The number of fused-ring (bicyclic) bond motifs is 3. The molecule has 4 nitrogen and oxygen atoms in total. The van der Waals surface area contributed by atoms with Crippen LogP contribution in [0.3, 0.4) is 0 Å². The van der Waals surface area contributed by atoms with Gasteiger partial charge in [0, 0.05) is 24.5 Å². The van der Waals surface area contributed by atoms with Gasteiger partial charge in [0.2, 0.25) is 0 Å². The Morgan fingerprint density at radius 1 is 1.29 bits per heavy atom. The molecule has 3 saturated heterocycles. The third kappa shape index (κ3) is 3.52. The Hall–Kier alpha value is -1.21. The summed E-state index contributed by atoms with van der Waals surface area (Å²) < 4.78 is 5.46. The summed E-state index contributed by atoms with van der Waals surface area (Å²) in [4.78, 5) is 14.3. The molecule has 0 spiro atoms. The highest BCUT2D eigenvalue weighted by atomic mass is 16.5. The molecule has 3 heterocycles. The number of hydrogen-bond donors (Lipinski definition) is 1. The number of carbonyl (C=O) groups is 1. The number of amides is 1. The number of carbonyl (C=O) groups excluding carboxylic acids is 1. The zero-order chi connectivity index (χ0) is 14.7. The molecule has 21 heavy (non-hydrogen) atoms. The molecule has 1 aliphatic carbocycles. The standard InChI is InChI=1S/C17H26N2O2/c1-2-13-11-19-9-8-14(13)10-16(19)12-21-17(20)18-15-6-4-3-5-7-15/h1,13-16H,3-12H2,(H,18,20). The first-order valence-corrected chi connectivity index (χ1v) is 8.39. The quantitative estimate of drug-likeness (QED) is 0.812. The summed E-state index contributed by atoms with van der Waals surface area (Å²) in [5, 5.41) is 3.01. The third-order valence-corrected chi connectivity index (χ3v) is 5.43. The summed E-state index contributed by atoms with van der Waals surface area (Å²) in [7, 11) is 0. The molecule has 4 unspecified atom stereocenters. The van der Waals surface area contributed by atoms with Crippen molar-refractivity contribution in [3.63, 3.8) is 0 Å². The van der Waals surface area contributed by atoms with Crippen molar-refractivity contribution >= 4 is 6.09 Å². The minimum Gasteiger partial charge on any atom is -0.448 e. The summed E-state index contributed by atoms with van der Waals surface area (Å²) in [5.41, 5.74) is 0. The van der Waals surface area contributed by atoms with Crippen molar-refractivity contribution in [2.75, 3.05) is 19.7 Å². The number of terminal acetylenes is 1. The molecule has 1 saturated carbocycles. The second-order valence-corrected chi connectivity index (χ2v) is 6.78. The lowest BCUT2D eigenvalue weighted by Crippen LogP contribution is -2.55. The number of nitrogens with one attached hydrogen (secondary N) is 1. The summed E-state index contributed by atoms with van der Waals surface area (Å²) in [6.45, 7) is 2.58. The molecular weight excluding hydrogens is 264 g/mol. The first kappa shape index (κ1) is 14.7. The van der Waals surface area contributed by atoms with Crippen LogP contribution in [0.2, 0.25) is 0 Å². The average Bonchev–Trinajstić information content (AvgIpc) is 2.54. The van der Waals surface area contributed by atoms with Gasteiger partial charge < -0.3 is 10.1 Å². The van der Waals surface area contributed by atoms with E-state index in [0.717, 1.165) is 32.4 Å². The van der Waals surface area contributed by atoms with Gasteiger partial charge >= 0.3 is 6.09 Å². The molecule has 1 amide bonds. The molecule has 4 rings (SSSR count). The van der Waals surface area contributed by atoms with Crippen LogP contribution in [-0.2, 0) is 4.74 Å². The molecule has 2 bridgehead atoms. The lowest BCUT2D eigenvalue weighted by atomic mass is 9.76. The second kappa shape index (κ2) is 6.70. The number of hydrogen-bond acceptors (Lipinski definition) is 3. The summed E-state index contributed by atoms with van der Waals surface area (Å²) in [6.07, 6.45) is 13.5. The zero-order valence-electron chi connectivity index (χ0n) is 12.7. The topological polar surface area (TPSA) is 41.6 Å². The van der Waals surface area contributed by atoms with Gasteiger partial charge in [-0.25, -0.2) is 4.79 Å². The molecule has 0 aromatic rings. The Kier molecular flexibility index (Phi) is 4.70. The Labute approximate surface area is 127 Å². The van der Waals surface area contributed by atoms with Crippen molar-refractivity contribution in [1.82, 2.24) is 10.2 Å². The predicted octanol–water partition coefficient (Wildman–Crippen LogP) is 2.39. The van der Waals surface area contributed by atoms with E-state index in [0.29, 0.717) is 30.5 Å². The number of alkyl carbamates (subject to hydrolysis) is 1. The maximum Gasteiger partial charge on any atom is 0.407 e. The molecule has 3 aliphatic heterocycles. The van der Waals surface area contributed by atoms with Crippen LogP contribution in [0.4, 0.5) is 4.79 Å². The highest BCUT2D eigenvalue weighted by molar-refractivity contribution is 5.67.